The van der Waals surface area contributed by atoms with E-state index in [1.807, 2.05) is 36.4 Å². The molecule has 0 radical (unpaired) electrons. The van der Waals surface area contributed by atoms with Gasteiger partial charge >= 0.3 is 11.9 Å². The first-order valence-corrected chi connectivity index (χ1v) is 12.4. The third-order valence-corrected chi connectivity index (χ3v) is 6.61. The van der Waals surface area contributed by atoms with Crippen molar-refractivity contribution in [3.63, 3.8) is 0 Å². The Hall–Kier alpha value is -2.43. The molecule has 0 saturated carbocycles. The number of hydrogen-bond donors (Lipinski definition) is 2. The topological polar surface area (TPSA) is 127 Å². The Balaban J connectivity index is 1.93. The van der Waals surface area contributed by atoms with Crippen LogP contribution in [0.15, 0.2) is 42.5 Å². The molecule has 31 heavy (non-hydrogen) atoms. The van der Waals surface area contributed by atoms with Crippen molar-refractivity contribution in [2.75, 3.05) is 18.6 Å². The number of fused-ring (bicyclic) bond motifs is 1. The molecule has 0 spiro atoms. The highest BCUT2D eigenvalue weighted by Crippen LogP contribution is 2.19. The van der Waals surface area contributed by atoms with Gasteiger partial charge in [-0.25, -0.2) is 8.42 Å². The normalized spacial score (nSPS) is 13.5. The maximum Gasteiger partial charge on any atom is 0.310 e. The fourth-order valence-electron chi connectivity index (χ4n) is 2.96. The van der Waals surface area contributed by atoms with E-state index in [0.717, 1.165) is 34.5 Å². The number of sulfone groups is 1. The zero-order valence-electron chi connectivity index (χ0n) is 17.2. The maximum atomic E-state index is 12.4. The average Bonchev–Trinajstić information content (AvgIpc) is 2.68. The summed E-state index contributed by atoms with van der Waals surface area (Å²) >= 11 is 0.966. The molecule has 2 unspecified atom stereocenters. The van der Waals surface area contributed by atoms with Crippen LogP contribution in [0, 0.1) is 0 Å². The van der Waals surface area contributed by atoms with Crippen molar-refractivity contribution in [1.29, 1.82) is 0 Å². The molecule has 2 rings (SSSR count). The Morgan fingerprint density at radius 2 is 1.81 bits per heavy atom. The molecule has 0 aliphatic rings. The molecule has 0 heterocycles. The van der Waals surface area contributed by atoms with Gasteiger partial charge in [-0.15, -0.1) is 0 Å². The predicted octanol–water partition coefficient (Wildman–Crippen LogP) is 2.01. The molecular weight excluding hydrogens is 442 g/mol. The van der Waals surface area contributed by atoms with Crippen molar-refractivity contribution in [3.8, 4) is 0 Å². The summed E-state index contributed by atoms with van der Waals surface area (Å²) in [6, 6.07) is 12.0. The number of carboxylic acid groups (broad SMARTS) is 1. The molecule has 0 aliphatic carbocycles. The van der Waals surface area contributed by atoms with Crippen LogP contribution in [-0.4, -0.2) is 61.2 Å². The Morgan fingerprint density at radius 3 is 2.48 bits per heavy atom. The van der Waals surface area contributed by atoms with Gasteiger partial charge in [-0.1, -0.05) is 61.3 Å². The molecule has 10 heteroatoms. The molecule has 2 aromatic rings. The van der Waals surface area contributed by atoms with Gasteiger partial charge in [0, 0.05) is 11.5 Å². The molecule has 2 aromatic carbocycles. The number of Topliss-reactive ketones (excluding diaryl/α,β-unsaturated/α-hetero) is 1. The summed E-state index contributed by atoms with van der Waals surface area (Å²) in [4.78, 5) is 35.7. The molecule has 0 bridgehead atoms. The minimum Gasteiger partial charge on any atom is -0.481 e. The van der Waals surface area contributed by atoms with Crippen LogP contribution in [-0.2, 0) is 35.4 Å². The summed E-state index contributed by atoms with van der Waals surface area (Å²) in [5.41, 5.74) is 0.765. The minimum atomic E-state index is -3.21. The monoisotopic (exact) mass is 467 g/mol. The molecule has 0 amide bonds. The molecule has 0 aromatic heterocycles. The predicted molar refractivity (Wildman–Crippen MR) is 120 cm³/mol. The highest BCUT2D eigenvalue weighted by atomic mass is 32.2. The molecule has 2 atom stereocenters. The van der Waals surface area contributed by atoms with Crippen LogP contribution in [0.1, 0.15) is 18.9 Å². The van der Waals surface area contributed by atoms with Crippen molar-refractivity contribution < 1.29 is 32.6 Å². The van der Waals surface area contributed by atoms with Gasteiger partial charge in [0.25, 0.3) is 0 Å². The van der Waals surface area contributed by atoms with Crippen molar-refractivity contribution in [1.82, 2.24) is 4.72 Å². The molecular formula is C21H25NO7S2. The van der Waals surface area contributed by atoms with Crippen molar-refractivity contribution in [2.24, 2.45) is 0 Å². The number of esters is 1. The van der Waals surface area contributed by atoms with Crippen LogP contribution in [0.4, 0.5) is 0 Å². The number of ketones is 1. The summed E-state index contributed by atoms with van der Waals surface area (Å²) < 4.78 is 30.5. The SMILES string of the molecule is CC(CS(C)(=O)=O)SNC(CC(=O)O)C(=O)COC(=O)Cc1cccc2ccccc12. The number of rotatable bonds is 12. The second-order valence-corrected chi connectivity index (χ2v) is 10.7. The van der Waals surface area contributed by atoms with Crippen molar-refractivity contribution in [2.45, 2.75) is 31.1 Å². The lowest BCUT2D eigenvalue weighted by atomic mass is 10.0. The van der Waals surface area contributed by atoms with Crippen LogP contribution in [0.5, 0.6) is 0 Å². The van der Waals surface area contributed by atoms with Crippen LogP contribution < -0.4 is 4.72 Å². The Labute approximate surface area is 185 Å². The van der Waals surface area contributed by atoms with Gasteiger partial charge in [0.2, 0.25) is 0 Å². The summed E-state index contributed by atoms with van der Waals surface area (Å²) in [6.45, 7) is 1.07. The second kappa shape index (κ2) is 11.3. The van der Waals surface area contributed by atoms with Gasteiger partial charge in [0.15, 0.2) is 12.4 Å². The number of hydrogen-bond acceptors (Lipinski definition) is 8. The van der Waals surface area contributed by atoms with E-state index in [-0.39, 0.29) is 12.2 Å². The maximum absolute atomic E-state index is 12.4. The summed E-state index contributed by atoms with van der Waals surface area (Å²) in [5.74, 6) is -2.53. The summed E-state index contributed by atoms with van der Waals surface area (Å²) in [5, 5.41) is 10.6. The van der Waals surface area contributed by atoms with E-state index < -0.39 is 51.9 Å². The van der Waals surface area contributed by atoms with Gasteiger partial charge in [0.05, 0.1) is 24.6 Å². The van der Waals surface area contributed by atoms with Crippen LogP contribution in [0.25, 0.3) is 10.8 Å². The fourth-order valence-corrected chi connectivity index (χ4v) is 5.44. The third-order valence-electron chi connectivity index (χ3n) is 4.31. The smallest absolute Gasteiger partial charge is 0.310 e. The van der Waals surface area contributed by atoms with Crippen molar-refractivity contribution in [3.05, 3.63) is 48.0 Å². The standard InChI is InChI=1S/C21H25NO7S2/c1-14(13-31(2,27)28)30-22-18(11-20(24)25)19(23)12-29-21(26)10-16-8-5-7-15-6-3-4-9-17(15)16/h3-9,14,18,22H,10-13H2,1-2H3,(H,24,25). The Kier molecular flexibility index (Phi) is 9.02. The Morgan fingerprint density at radius 1 is 1.13 bits per heavy atom. The van der Waals surface area contributed by atoms with E-state index in [9.17, 15) is 22.8 Å². The van der Waals surface area contributed by atoms with Crippen LogP contribution in [0.2, 0.25) is 0 Å². The number of aliphatic carboxylic acids is 1. The summed E-state index contributed by atoms with van der Waals surface area (Å²) in [6.07, 6.45) is 0.559. The molecule has 8 nitrogen and oxygen atoms in total. The van der Waals surface area contributed by atoms with Gasteiger partial charge < -0.3 is 9.84 Å². The molecule has 2 N–H and O–H groups in total. The van der Waals surface area contributed by atoms with E-state index in [1.54, 1.807) is 13.0 Å². The van der Waals surface area contributed by atoms with E-state index in [2.05, 4.69) is 4.72 Å². The Bertz CT molecular complexity index is 1050. The minimum absolute atomic E-state index is 0.0220. The van der Waals surface area contributed by atoms with Crippen LogP contribution >= 0.6 is 11.9 Å². The van der Waals surface area contributed by atoms with Gasteiger partial charge in [0.1, 0.15) is 9.84 Å². The lowest BCUT2D eigenvalue weighted by Gasteiger charge is -2.18. The molecule has 168 valence electrons. The van der Waals surface area contributed by atoms with E-state index >= 15 is 0 Å². The molecule has 0 saturated heterocycles. The second-order valence-electron chi connectivity index (χ2n) is 7.23. The highest BCUT2D eigenvalue weighted by molar-refractivity contribution is 7.99. The van der Waals surface area contributed by atoms with Gasteiger partial charge in [-0.05, 0) is 16.3 Å². The zero-order valence-corrected chi connectivity index (χ0v) is 18.9. The van der Waals surface area contributed by atoms with E-state index in [4.69, 9.17) is 9.84 Å². The fraction of sp³-hybridized carbons (Fsp3) is 0.381. The zero-order chi connectivity index (χ0) is 23.0. The van der Waals surface area contributed by atoms with E-state index in [1.165, 1.54) is 0 Å². The first-order chi connectivity index (χ1) is 14.5. The number of carboxylic acids is 1. The average molecular weight is 468 g/mol. The molecule has 0 fully saturated rings. The quantitative estimate of drug-likeness (QED) is 0.356. The number of benzene rings is 2. The largest absolute Gasteiger partial charge is 0.481 e. The van der Waals surface area contributed by atoms with Gasteiger partial charge in [-0.2, -0.15) is 0 Å². The van der Waals surface area contributed by atoms with Crippen LogP contribution in [0.3, 0.4) is 0 Å². The van der Waals surface area contributed by atoms with Crippen molar-refractivity contribution >= 4 is 50.3 Å². The first kappa shape index (κ1) is 24.8. The van der Waals surface area contributed by atoms with E-state index in [0.29, 0.717) is 0 Å². The lowest BCUT2D eigenvalue weighted by Crippen LogP contribution is -2.39. The summed E-state index contributed by atoms with van der Waals surface area (Å²) in [7, 11) is -3.21. The lowest BCUT2D eigenvalue weighted by molar-refractivity contribution is -0.148. The number of carbonyl (C=O) groups excluding carboxylic acids is 2. The number of carbonyl (C=O) groups is 3. The van der Waals surface area contributed by atoms with Gasteiger partial charge in [-0.3, -0.25) is 19.1 Å². The first-order valence-electron chi connectivity index (χ1n) is 9.51. The number of nitrogens with one attached hydrogen (secondary N) is 1. The highest BCUT2D eigenvalue weighted by Gasteiger charge is 2.24. The molecule has 0 aliphatic heterocycles. The third kappa shape index (κ3) is 8.68. The number of ether oxygens (including phenoxy) is 1.